The van der Waals surface area contributed by atoms with Crippen LogP contribution in [-0.2, 0) is 4.74 Å². The van der Waals surface area contributed by atoms with Crippen LogP contribution in [0.4, 0.5) is 4.79 Å². The number of aliphatic hydroxyl groups excluding tert-OH is 1. The van der Waals surface area contributed by atoms with Crippen molar-refractivity contribution in [3.63, 3.8) is 0 Å². The number of carbonyl (C=O) groups is 1. The molecule has 1 unspecified atom stereocenters. The van der Waals surface area contributed by atoms with Crippen LogP contribution in [0.15, 0.2) is 0 Å². The van der Waals surface area contributed by atoms with E-state index in [-0.39, 0.29) is 12.6 Å². The molecular weight excluding hydrogens is 210 g/mol. The molecule has 0 aliphatic rings. The van der Waals surface area contributed by atoms with Gasteiger partial charge in [0.25, 0.3) is 0 Å². The van der Waals surface area contributed by atoms with Crippen molar-refractivity contribution >= 4 is 6.09 Å². The summed E-state index contributed by atoms with van der Waals surface area (Å²) in [5.41, 5.74) is 5.11. The highest BCUT2D eigenvalue weighted by Gasteiger charge is 2.18. The molecular formula is C10H23N3O3. The number of aliphatic hydroxyl groups is 1. The van der Waals surface area contributed by atoms with Crippen molar-refractivity contribution in [2.24, 2.45) is 0 Å². The number of rotatable bonds is 6. The van der Waals surface area contributed by atoms with Gasteiger partial charge in [-0.1, -0.05) is 0 Å². The summed E-state index contributed by atoms with van der Waals surface area (Å²) < 4.78 is 5.11. The fourth-order valence-electron chi connectivity index (χ4n) is 1.08. The van der Waals surface area contributed by atoms with Gasteiger partial charge < -0.3 is 15.2 Å². The summed E-state index contributed by atoms with van der Waals surface area (Å²) in [6.45, 7) is 5.96. The predicted octanol–water partition coefficient (Wildman–Crippen LogP) is -0.0139. The van der Waals surface area contributed by atoms with E-state index in [0.29, 0.717) is 13.0 Å². The first kappa shape index (κ1) is 15.2. The molecule has 0 radical (unpaired) electrons. The Kier molecular flexibility index (Phi) is 7.03. The van der Waals surface area contributed by atoms with Crippen molar-refractivity contribution in [2.45, 2.75) is 38.8 Å². The van der Waals surface area contributed by atoms with Crippen LogP contribution < -0.4 is 16.2 Å². The number of nitrogens with one attached hydrogen (secondary N) is 3. The van der Waals surface area contributed by atoms with Crippen LogP contribution in [0, 0.1) is 0 Å². The monoisotopic (exact) mass is 233 g/mol. The maximum atomic E-state index is 11.4. The van der Waals surface area contributed by atoms with E-state index in [9.17, 15) is 4.79 Å². The van der Waals surface area contributed by atoms with E-state index in [1.807, 2.05) is 0 Å². The highest BCUT2D eigenvalue weighted by atomic mass is 16.6. The zero-order valence-electron chi connectivity index (χ0n) is 10.5. The van der Waals surface area contributed by atoms with Gasteiger partial charge in [0.2, 0.25) is 0 Å². The van der Waals surface area contributed by atoms with E-state index in [0.717, 1.165) is 0 Å². The number of hydrogen-bond acceptors (Lipinski definition) is 5. The number of carbonyl (C=O) groups excluding carboxylic acids is 1. The summed E-state index contributed by atoms with van der Waals surface area (Å²) in [5, 5.41) is 11.5. The molecule has 0 saturated carbocycles. The average Bonchev–Trinajstić information content (AvgIpc) is 2.11. The molecule has 0 aromatic heterocycles. The van der Waals surface area contributed by atoms with Crippen molar-refractivity contribution < 1.29 is 14.6 Å². The summed E-state index contributed by atoms with van der Waals surface area (Å²) in [6, 6.07) is -0.160. The largest absolute Gasteiger partial charge is 0.444 e. The lowest BCUT2D eigenvalue weighted by Crippen LogP contribution is -2.47. The number of hydrogen-bond donors (Lipinski definition) is 4. The smallest absolute Gasteiger partial charge is 0.407 e. The molecule has 0 saturated heterocycles. The third-order valence-electron chi connectivity index (χ3n) is 1.72. The molecule has 6 heteroatoms. The van der Waals surface area contributed by atoms with Crippen LogP contribution >= 0.6 is 0 Å². The van der Waals surface area contributed by atoms with Crippen molar-refractivity contribution in [3.8, 4) is 0 Å². The van der Waals surface area contributed by atoms with Crippen LogP contribution in [-0.4, -0.2) is 43.0 Å². The third kappa shape index (κ3) is 8.46. The van der Waals surface area contributed by atoms with E-state index < -0.39 is 11.7 Å². The third-order valence-corrected chi connectivity index (χ3v) is 1.72. The van der Waals surface area contributed by atoms with Gasteiger partial charge in [-0.2, -0.15) is 0 Å². The second-order valence-corrected chi connectivity index (χ2v) is 4.49. The minimum absolute atomic E-state index is 0.0197. The van der Waals surface area contributed by atoms with Gasteiger partial charge in [-0.05, 0) is 34.2 Å². The predicted molar refractivity (Wildman–Crippen MR) is 61.9 cm³/mol. The molecule has 6 nitrogen and oxygen atoms in total. The van der Waals surface area contributed by atoms with Crippen LogP contribution in [0.5, 0.6) is 0 Å². The van der Waals surface area contributed by atoms with Crippen molar-refractivity contribution in [1.29, 1.82) is 0 Å². The van der Waals surface area contributed by atoms with Gasteiger partial charge in [0.15, 0.2) is 0 Å². The molecule has 1 atom stereocenters. The molecule has 0 fully saturated rings. The lowest BCUT2D eigenvalue weighted by Gasteiger charge is -2.23. The summed E-state index contributed by atoms with van der Waals surface area (Å²) in [7, 11) is 1.74. The van der Waals surface area contributed by atoms with Gasteiger partial charge in [-0.15, -0.1) is 0 Å². The van der Waals surface area contributed by atoms with Gasteiger partial charge in [0.1, 0.15) is 5.60 Å². The molecule has 4 N–H and O–H groups in total. The SMILES string of the molecule is CNNCC(CCO)NC(=O)OC(C)(C)C. The van der Waals surface area contributed by atoms with Gasteiger partial charge >= 0.3 is 6.09 Å². The Morgan fingerprint density at radius 1 is 1.44 bits per heavy atom. The Morgan fingerprint density at radius 3 is 2.50 bits per heavy atom. The Labute approximate surface area is 96.7 Å². The maximum Gasteiger partial charge on any atom is 0.407 e. The molecule has 0 aromatic rings. The first-order chi connectivity index (χ1) is 7.39. The minimum Gasteiger partial charge on any atom is -0.444 e. The molecule has 0 heterocycles. The van der Waals surface area contributed by atoms with Gasteiger partial charge in [0, 0.05) is 19.2 Å². The second kappa shape index (κ2) is 7.43. The molecule has 0 rings (SSSR count). The summed E-state index contributed by atoms with van der Waals surface area (Å²) >= 11 is 0. The van der Waals surface area contributed by atoms with Crippen molar-refractivity contribution in [1.82, 2.24) is 16.2 Å². The zero-order chi connectivity index (χ0) is 12.6. The first-order valence-electron chi connectivity index (χ1n) is 5.39. The van der Waals surface area contributed by atoms with Crippen molar-refractivity contribution in [2.75, 3.05) is 20.2 Å². The Balaban J connectivity index is 4.02. The summed E-state index contributed by atoms with van der Waals surface area (Å²) in [6.07, 6.45) is 0.0114. The molecule has 0 aliphatic carbocycles. The van der Waals surface area contributed by atoms with E-state index in [4.69, 9.17) is 9.84 Å². The van der Waals surface area contributed by atoms with E-state index in [2.05, 4.69) is 16.2 Å². The maximum absolute atomic E-state index is 11.4. The molecule has 1 amide bonds. The van der Waals surface area contributed by atoms with Gasteiger partial charge in [0.05, 0.1) is 0 Å². The number of ether oxygens (including phenoxy) is 1. The van der Waals surface area contributed by atoms with Crippen LogP contribution in [0.1, 0.15) is 27.2 Å². The molecule has 16 heavy (non-hydrogen) atoms. The standard InChI is InChI=1S/C10H23N3O3/c1-10(2,3)16-9(15)13-8(5-6-14)7-12-11-4/h8,11-12,14H,5-7H2,1-4H3,(H,13,15). The summed E-state index contributed by atoms with van der Waals surface area (Å²) in [4.78, 5) is 11.4. The minimum atomic E-state index is -0.510. The van der Waals surface area contributed by atoms with Gasteiger partial charge in [-0.25, -0.2) is 4.79 Å². The lowest BCUT2D eigenvalue weighted by molar-refractivity contribution is 0.0496. The van der Waals surface area contributed by atoms with Crippen LogP contribution in [0.25, 0.3) is 0 Å². The quantitative estimate of drug-likeness (QED) is 0.485. The zero-order valence-corrected chi connectivity index (χ0v) is 10.5. The topological polar surface area (TPSA) is 82.6 Å². The molecule has 0 aromatic carbocycles. The summed E-state index contributed by atoms with van der Waals surface area (Å²) in [5.74, 6) is 0. The highest BCUT2D eigenvalue weighted by Crippen LogP contribution is 2.06. The fourth-order valence-corrected chi connectivity index (χ4v) is 1.08. The van der Waals surface area contributed by atoms with Crippen LogP contribution in [0.2, 0.25) is 0 Å². The van der Waals surface area contributed by atoms with E-state index in [1.165, 1.54) is 0 Å². The second-order valence-electron chi connectivity index (χ2n) is 4.49. The van der Waals surface area contributed by atoms with Gasteiger partial charge in [-0.3, -0.25) is 10.9 Å². The molecule has 0 aliphatic heterocycles. The Bertz CT molecular complexity index is 204. The normalized spacial score (nSPS) is 13.3. The molecule has 96 valence electrons. The average molecular weight is 233 g/mol. The number of amides is 1. The first-order valence-corrected chi connectivity index (χ1v) is 5.39. The van der Waals surface area contributed by atoms with E-state index >= 15 is 0 Å². The van der Waals surface area contributed by atoms with Crippen molar-refractivity contribution in [3.05, 3.63) is 0 Å². The molecule has 0 bridgehead atoms. The molecule has 0 spiro atoms. The number of hydrazine groups is 1. The Morgan fingerprint density at radius 2 is 2.06 bits per heavy atom. The van der Waals surface area contributed by atoms with E-state index in [1.54, 1.807) is 27.8 Å². The Hall–Kier alpha value is -0.850. The lowest BCUT2D eigenvalue weighted by atomic mass is 10.2. The fraction of sp³-hybridized carbons (Fsp3) is 0.900. The highest BCUT2D eigenvalue weighted by molar-refractivity contribution is 5.68. The number of alkyl carbamates (subject to hydrolysis) is 1. The van der Waals surface area contributed by atoms with Crippen LogP contribution in [0.3, 0.4) is 0 Å².